The highest BCUT2D eigenvalue weighted by atomic mass is 32.1. The van der Waals surface area contributed by atoms with Gasteiger partial charge >= 0.3 is 0 Å². The van der Waals surface area contributed by atoms with E-state index in [1.165, 1.54) is 44.5 Å². The van der Waals surface area contributed by atoms with Crippen LogP contribution < -0.4 is 0 Å². The number of thiophene rings is 1. The first-order valence-corrected chi connectivity index (χ1v) is 14.5. The van der Waals surface area contributed by atoms with E-state index in [1.807, 2.05) is 0 Å². The Kier molecular flexibility index (Phi) is 4.54. The number of rotatable bonds is 2. The molecule has 2 nitrogen and oxygen atoms in total. The molecule has 2 aromatic heterocycles. The van der Waals surface area contributed by atoms with Crippen molar-refractivity contribution in [3.05, 3.63) is 118 Å². The van der Waals surface area contributed by atoms with Crippen LogP contribution in [0.1, 0.15) is 49.9 Å². The highest BCUT2D eigenvalue weighted by molar-refractivity contribution is 7.09. The molecule has 2 aliphatic rings. The van der Waals surface area contributed by atoms with Crippen LogP contribution in [0.2, 0.25) is 0 Å². The average Bonchev–Trinajstić information content (AvgIpc) is 3.58. The molecule has 0 unspecified atom stereocenters. The Morgan fingerprint density at radius 1 is 0.487 bits per heavy atom. The van der Waals surface area contributed by atoms with Crippen molar-refractivity contribution in [1.29, 1.82) is 0 Å². The Hall–Kier alpha value is -4.08. The molecule has 3 heteroatoms. The molecule has 0 fully saturated rings. The van der Waals surface area contributed by atoms with Gasteiger partial charge in [-0.1, -0.05) is 100 Å². The predicted octanol–water partition coefficient (Wildman–Crippen LogP) is 9.64. The van der Waals surface area contributed by atoms with Crippen molar-refractivity contribution in [3.63, 3.8) is 0 Å². The summed E-state index contributed by atoms with van der Waals surface area (Å²) in [6, 6.07) is 31.3. The van der Waals surface area contributed by atoms with Crippen molar-refractivity contribution in [3.8, 4) is 44.8 Å². The maximum Gasteiger partial charge on any atom is 0.100 e. The van der Waals surface area contributed by atoms with E-state index in [9.17, 15) is 0 Å². The summed E-state index contributed by atoms with van der Waals surface area (Å²) in [4.78, 5) is 10.4. The van der Waals surface area contributed by atoms with E-state index in [0.717, 1.165) is 33.5 Å². The minimum atomic E-state index is -0.0641. The molecule has 0 spiro atoms. The zero-order valence-electron chi connectivity index (χ0n) is 22.5. The lowest BCUT2D eigenvalue weighted by Gasteiger charge is -2.23. The first-order valence-electron chi connectivity index (χ1n) is 13.6. The smallest absolute Gasteiger partial charge is 0.100 e. The zero-order chi connectivity index (χ0) is 26.5. The molecule has 0 amide bonds. The van der Waals surface area contributed by atoms with Gasteiger partial charge < -0.3 is 0 Å². The van der Waals surface area contributed by atoms with E-state index in [4.69, 9.17) is 9.97 Å². The van der Waals surface area contributed by atoms with Crippen molar-refractivity contribution < 1.29 is 0 Å². The fourth-order valence-corrected chi connectivity index (χ4v) is 7.58. The highest BCUT2D eigenvalue weighted by Crippen LogP contribution is 2.51. The van der Waals surface area contributed by atoms with Crippen LogP contribution in [0, 0.1) is 0 Å². The minimum Gasteiger partial charge on any atom is -0.243 e. The second-order valence-corrected chi connectivity index (χ2v) is 12.7. The second-order valence-electron chi connectivity index (χ2n) is 11.9. The lowest BCUT2D eigenvalue weighted by Crippen LogP contribution is -2.15. The van der Waals surface area contributed by atoms with Crippen LogP contribution in [0.15, 0.2) is 95.7 Å². The normalized spacial score (nSPS) is 15.6. The van der Waals surface area contributed by atoms with Crippen molar-refractivity contribution in [2.45, 2.75) is 38.5 Å². The number of aromatic nitrogens is 2. The molecule has 0 aliphatic heterocycles. The average molecular weight is 521 g/mol. The molecule has 6 aromatic rings. The van der Waals surface area contributed by atoms with E-state index < -0.39 is 0 Å². The molecule has 8 rings (SSSR count). The molecular weight excluding hydrogens is 492 g/mol. The van der Waals surface area contributed by atoms with Crippen LogP contribution in [-0.4, -0.2) is 9.97 Å². The van der Waals surface area contributed by atoms with Crippen molar-refractivity contribution in [2.24, 2.45) is 0 Å². The van der Waals surface area contributed by atoms with Crippen LogP contribution in [-0.2, 0) is 10.8 Å². The number of nitrogens with zero attached hydrogens (tertiary/aromatic N) is 2. The van der Waals surface area contributed by atoms with Gasteiger partial charge in [-0.2, -0.15) is 0 Å². The molecule has 0 bridgehead atoms. The van der Waals surface area contributed by atoms with Gasteiger partial charge in [-0.25, -0.2) is 9.97 Å². The maximum atomic E-state index is 5.22. The number of hydrogen-bond acceptors (Lipinski definition) is 3. The van der Waals surface area contributed by atoms with Crippen molar-refractivity contribution in [2.75, 3.05) is 0 Å². The first-order chi connectivity index (χ1) is 18.8. The zero-order valence-corrected chi connectivity index (χ0v) is 23.4. The van der Waals surface area contributed by atoms with Crippen LogP contribution in [0.5, 0.6) is 0 Å². The van der Waals surface area contributed by atoms with E-state index in [-0.39, 0.29) is 10.8 Å². The molecule has 2 heterocycles. The topological polar surface area (TPSA) is 25.8 Å². The third-order valence-electron chi connectivity index (χ3n) is 9.02. The number of benzene rings is 4. The fraction of sp³-hybridized carbons (Fsp3) is 0.167. The Morgan fingerprint density at radius 2 is 0.897 bits per heavy atom. The lowest BCUT2D eigenvalue weighted by molar-refractivity contribution is 0.660. The van der Waals surface area contributed by atoms with Crippen molar-refractivity contribution in [1.82, 2.24) is 9.97 Å². The van der Waals surface area contributed by atoms with Gasteiger partial charge in [0.15, 0.2) is 0 Å². The molecule has 188 valence electrons. The fourth-order valence-electron chi connectivity index (χ4n) is 6.90. The van der Waals surface area contributed by atoms with E-state index in [1.54, 1.807) is 11.3 Å². The van der Waals surface area contributed by atoms with Gasteiger partial charge in [0.1, 0.15) is 11.0 Å². The molecule has 4 aromatic carbocycles. The summed E-state index contributed by atoms with van der Waals surface area (Å²) in [7, 11) is 0. The monoisotopic (exact) mass is 520 g/mol. The van der Waals surface area contributed by atoms with Gasteiger partial charge in [-0.3, -0.25) is 0 Å². The van der Waals surface area contributed by atoms with E-state index in [2.05, 4.69) is 123 Å². The Labute approximate surface area is 233 Å². The predicted molar refractivity (Wildman–Crippen MR) is 163 cm³/mol. The summed E-state index contributed by atoms with van der Waals surface area (Å²) in [5, 5.41) is 4.20. The first kappa shape index (κ1) is 22.9. The van der Waals surface area contributed by atoms with E-state index in [0.29, 0.717) is 0 Å². The largest absolute Gasteiger partial charge is 0.243 e. The van der Waals surface area contributed by atoms with Gasteiger partial charge in [0.2, 0.25) is 0 Å². The molecule has 39 heavy (non-hydrogen) atoms. The van der Waals surface area contributed by atoms with Crippen LogP contribution >= 0.6 is 11.3 Å². The second kappa shape index (κ2) is 7.74. The summed E-state index contributed by atoms with van der Waals surface area (Å²) < 4.78 is 0. The lowest BCUT2D eigenvalue weighted by atomic mass is 9.81. The molecule has 0 radical (unpaired) electrons. The molecular formula is C36H28N2S. The van der Waals surface area contributed by atoms with Crippen molar-refractivity contribution >= 4 is 22.4 Å². The van der Waals surface area contributed by atoms with Gasteiger partial charge in [0.05, 0.1) is 11.4 Å². The third-order valence-corrected chi connectivity index (χ3v) is 9.74. The molecule has 0 atom stereocenters. The number of hydrogen-bond donors (Lipinski definition) is 0. The molecule has 2 aliphatic carbocycles. The van der Waals surface area contributed by atoms with Gasteiger partial charge in [0.25, 0.3) is 0 Å². The number of fused-ring (bicyclic) bond motifs is 7. The van der Waals surface area contributed by atoms with Crippen LogP contribution in [0.25, 0.3) is 55.8 Å². The quantitative estimate of drug-likeness (QED) is 0.227. The van der Waals surface area contributed by atoms with Crippen LogP contribution in [0.4, 0.5) is 0 Å². The highest BCUT2D eigenvalue weighted by Gasteiger charge is 2.37. The molecule has 0 saturated heterocycles. The summed E-state index contributed by atoms with van der Waals surface area (Å²) in [6.45, 7) is 9.32. The Balaban J connectivity index is 1.34. The Morgan fingerprint density at radius 3 is 1.36 bits per heavy atom. The summed E-state index contributed by atoms with van der Waals surface area (Å²) in [5.74, 6) is 0. The maximum absolute atomic E-state index is 5.22. The standard InChI is InChI=1S/C36H28N2S/c1-35(2)27-11-7-5-9-23(27)25-15-13-21(17-29(25)35)33-34(38-32-20-39-19-31(32)37-33)22-14-16-26-24-10-6-8-12-28(24)36(3,4)30(26)18-22/h5-20H,1-4H3. The van der Waals surface area contributed by atoms with E-state index >= 15 is 0 Å². The Bertz CT molecular complexity index is 1830. The summed E-state index contributed by atoms with van der Waals surface area (Å²) >= 11 is 1.66. The van der Waals surface area contributed by atoms with Gasteiger partial charge in [-0.15, -0.1) is 11.3 Å². The van der Waals surface area contributed by atoms with Crippen LogP contribution in [0.3, 0.4) is 0 Å². The summed E-state index contributed by atoms with van der Waals surface area (Å²) in [5.41, 5.74) is 16.7. The SMILES string of the molecule is CC1(C)c2ccccc2-c2ccc(-c3nc4cscc4nc3-c3ccc4c(c3)C(C)(C)c3ccccc3-4)cc21. The summed E-state index contributed by atoms with van der Waals surface area (Å²) in [6.07, 6.45) is 0. The molecule has 0 saturated carbocycles. The van der Waals surface area contributed by atoms with Gasteiger partial charge in [0, 0.05) is 32.7 Å². The molecule has 0 N–H and O–H groups in total. The minimum absolute atomic E-state index is 0.0641. The third kappa shape index (κ3) is 3.08. The van der Waals surface area contributed by atoms with Gasteiger partial charge in [-0.05, 0) is 56.6 Å².